The van der Waals surface area contributed by atoms with E-state index >= 15 is 0 Å². The molecule has 3 aliphatic rings. The number of hydrogen-bond donors (Lipinski definition) is 1. The number of hydrogen-bond acceptors (Lipinski definition) is 8. The maximum atomic E-state index is 14.7. The number of pyridine rings is 1. The van der Waals surface area contributed by atoms with Crippen LogP contribution in [0.5, 0.6) is 5.75 Å². The molecule has 9 heteroatoms. The molecule has 1 aromatic heterocycles. The number of likely N-dealkylation sites (tertiary alicyclic amines) is 1. The SMILES string of the molecule is CCOC(=O)[C@@H]1[C@@H](C(C)(C)C)[C@H](NCc2cc(C3(C)CCC3)ccc2OC)[C@H](c2cccnc2N(C)C)N1C(=O)[C@@H]1CCCCO1. The van der Waals surface area contributed by atoms with Crippen molar-refractivity contribution in [1.82, 2.24) is 15.2 Å². The van der Waals surface area contributed by atoms with Crippen LogP contribution in [0.15, 0.2) is 36.5 Å². The zero-order valence-corrected chi connectivity index (χ0v) is 29.1. The lowest BCUT2D eigenvalue weighted by Gasteiger charge is -2.39. The lowest BCUT2D eigenvalue weighted by atomic mass is 9.66. The van der Waals surface area contributed by atoms with Gasteiger partial charge in [-0.25, -0.2) is 9.78 Å². The van der Waals surface area contributed by atoms with Crippen LogP contribution in [-0.2, 0) is 31.0 Å². The Morgan fingerprint density at radius 1 is 1.15 bits per heavy atom. The van der Waals surface area contributed by atoms with E-state index in [9.17, 15) is 9.59 Å². The van der Waals surface area contributed by atoms with E-state index in [1.165, 1.54) is 24.8 Å². The molecular formula is C37H54N4O5. The first-order chi connectivity index (χ1) is 21.9. The van der Waals surface area contributed by atoms with E-state index in [4.69, 9.17) is 19.2 Å². The maximum Gasteiger partial charge on any atom is 0.329 e. The van der Waals surface area contributed by atoms with Crippen molar-refractivity contribution in [2.75, 3.05) is 39.3 Å². The highest BCUT2D eigenvalue weighted by Crippen LogP contribution is 2.50. The zero-order valence-electron chi connectivity index (χ0n) is 29.1. The van der Waals surface area contributed by atoms with Crippen molar-refractivity contribution in [2.45, 2.75) is 109 Å². The highest BCUT2D eigenvalue weighted by Gasteiger charge is 2.59. The molecule has 46 heavy (non-hydrogen) atoms. The standard InChI is InChI=1S/C37H54N4O5/c1-9-45-35(43)32-29(36(2,3)4)30(39-23-24-22-25(16-17-27(24)44-8)37(5)18-13-19-37)31(26-14-12-20-38-33(26)40(6)7)41(32)34(42)28-15-10-11-21-46-28/h12,14,16-17,20,22,28-32,39H,9-11,13,15,18-19,21,23H2,1-8H3/t28-,29-,30-,31-,32-/m0/s1. The van der Waals surface area contributed by atoms with Crippen LogP contribution in [0.2, 0.25) is 0 Å². The summed E-state index contributed by atoms with van der Waals surface area (Å²) < 4.78 is 17.7. The van der Waals surface area contributed by atoms with Gasteiger partial charge < -0.3 is 29.3 Å². The summed E-state index contributed by atoms with van der Waals surface area (Å²) in [5.41, 5.74) is 3.08. The highest BCUT2D eigenvalue weighted by molar-refractivity contribution is 5.89. The number of anilines is 1. The molecule has 252 valence electrons. The third-order valence-electron chi connectivity index (χ3n) is 10.4. The Hall–Kier alpha value is -3.17. The zero-order chi connectivity index (χ0) is 33.2. The number of benzene rings is 1. The second kappa shape index (κ2) is 13.9. The first-order valence-corrected chi connectivity index (χ1v) is 17.0. The van der Waals surface area contributed by atoms with Gasteiger partial charge in [0.1, 0.15) is 23.7 Å². The predicted molar refractivity (Wildman–Crippen MR) is 180 cm³/mol. The fraction of sp³-hybridized carbons (Fsp3) is 0.649. The van der Waals surface area contributed by atoms with Crippen molar-refractivity contribution in [3.05, 3.63) is 53.2 Å². The fourth-order valence-electron chi connectivity index (χ4n) is 7.90. The molecule has 0 bridgehead atoms. The Bertz CT molecular complexity index is 1380. The minimum atomic E-state index is -0.808. The number of nitrogens with one attached hydrogen (secondary N) is 1. The number of ether oxygens (including phenoxy) is 3. The second-order valence-electron chi connectivity index (χ2n) is 14.8. The summed E-state index contributed by atoms with van der Waals surface area (Å²) in [7, 11) is 5.63. The largest absolute Gasteiger partial charge is 0.496 e. The summed E-state index contributed by atoms with van der Waals surface area (Å²) in [5.74, 6) is 0.761. The molecule has 0 radical (unpaired) electrons. The molecule has 5 atom stereocenters. The van der Waals surface area contributed by atoms with E-state index in [-0.39, 0.29) is 41.3 Å². The molecule has 2 saturated heterocycles. The van der Waals surface area contributed by atoms with Crippen molar-refractivity contribution in [3.63, 3.8) is 0 Å². The number of rotatable bonds is 10. The van der Waals surface area contributed by atoms with Crippen LogP contribution in [0.25, 0.3) is 0 Å². The molecule has 1 amide bonds. The second-order valence-corrected chi connectivity index (χ2v) is 14.8. The number of aromatic nitrogens is 1. The van der Waals surface area contributed by atoms with Gasteiger partial charge in [0, 0.05) is 56.5 Å². The molecule has 3 heterocycles. The minimum absolute atomic E-state index is 0.160. The van der Waals surface area contributed by atoms with Gasteiger partial charge >= 0.3 is 5.97 Å². The lowest BCUT2D eigenvalue weighted by molar-refractivity contribution is -0.162. The highest BCUT2D eigenvalue weighted by atomic mass is 16.5. The van der Waals surface area contributed by atoms with Gasteiger partial charge in [-0.2, -0.15) is 0 Å². The number of carbonyl (C=O) groups is 2. The minimum Gasteiger partial charge on any atom is -0.496 e. The molecule has 1 saturated carbocycles. The van der Waals surface area contributed by atoms with Gasteiger partial charge in [-0.1, -0.05) is 52.3 Å². The normalized spacial score (nSPS) is 25.9. The molecule has 1 N–H and O–H groups in total. The van der Waals surface area contributed by atoms with Gasteiger partial charge in [0.25, 0.3) is 5.91 Å². The molecule has 3 fully saturated rings. The molecule has 2 aromatic rings. The van der Waals surface area contributed by atoms with Crippen molar-refractivity contribution >= 4 is 17.7 Å². The summed E-state index contributed by atoms with van der Waals surface area (Å²) in [6.07, 6.45) is 7.24. The summed E-state index contributed by atoms with van der Waals surface area (Å²) in [6.45, 7) is 11.9. The van der Waals surface area contributed by atoms with E-state index in [0.29, 0.717) is 19.6 Å². The predicted octanol–water partition coefficient (Wildman–Crippen LogP) is 5.80. The quantitative estimate of drug-likeness (QED) is 0.328. The molecule has 9 nitrogen and oxygen atoms in total. The average Bonchev–Trinajstić information content (AvgIpc) is 3.38. The number of methoxy groups -OCH3 is 1. The van der Waals surface area contributed by atoms with Crippen LogP contribution in [0.1, 0.15) is 95.9 Å². The molecule has 1 aromatic carbocycles. The number of nitrogens with zero attached hydrogens (tertiary/aromatic N) is 3. The molecule has 0 unspecified atom stereocenters. The van der Waals surface area contributed by atoms with Crippen LogP contribution in [0, 0.1) is 11.3 Å². The average molecular weight is 635 g/mol. The van der Waals surface area contributed by atoms with Crippen LogP contribution in [0.4, 0.5) is 5.82 Å². The van der Waals surface area contributed by atoms with Crippen molar-refractivity contribution in [3.8, 4) is 5.75 Å². The Balaban J connectivity index is 1.65. The summed E-state index contributed by atoms with van der Waals surface area (Å²) >= 11 is 0. The van der Waals surface area contributed by atoms with Crippen LogP contribution < -0.4 is 15.0 Å². The Morgan fingerprint density at radius 2 is 1.91 bits per heavy atom. The summed E-state index contributed by atoms with van der Waals surface area (Å²) in [6, 6.07) is 8.88. The Kier molecular flexibility index (Phi) is 10.3. The van der Waals surface area contributed by atoms with Crippen LogP contribution in [0.3, 0.4) is 0 Å². The maximum absolute atomic E-state index is 14.7. The number of esters is 1. The fourth-order valence-corrected chi connectivity index (χ4v) is 7.90. The van der Waals surface area contributed by atoms with Gasteiger partial charge in [0.05, 0.1) is 19.8 Å². The van der Waals surface area contributed by atoms with Gasteiger partial charge in [-0.15, -0.1) is 0 Å². The van der Waals surface area contributed by atoms with Gasteiger partial charge in [0.15, 0.2) is 0 Å². The van der Waals surface area contributed by atoms with E-state index in [2.05, 4.69) is 51.2 Å². The van der Waals surface area contributed by atoms with E-state index in [1.54, 1.807) is 18.2 Å². The third kappa shape index (κ3) is 6.63. The van der Waals surface area contributed by atoms with E-state index in [0.717, 1.165) is 35.5 Å². The smallest absolute Gasteiger partial charge is 0.329 e. The molecular weight excluding hydrogens is 580 g/mol. The van der Waals surface area contributed by atoms with Crippen molar-refractivity contribution in [1.29, 1.82) is 0 Å². The third-order valence-corrected chi connectivity index (χ3v) is 10.4. The molecule has 0 spiro atoms. The number of amides is 1. The first-order valence-electron chi connectivity index (χ1n) is 17.0. The monoisotopic (exact) mass is 634 g/mol. The Labute approximate surface area is 275 Å². The van der Waals surface area contributed by atoms with E-state index < -0.39 is 18.2 Å². The van der Waals surface area contributed by atoms with Gasteiger partial charge in [0.2, 0.25) is 0 Å². The van der Waals surface area contributed by atoms with Crippen molar-refractivity contribution < 1.29 is 23.8 Å². The molecule has 2 aliphatic heterocycles. The molecule has 5 rings (SSSR count). The lowest BCUT2D eigenvalue weighted by Crippen LogP contribution is -2.51. The summed E-state index contributed by atoms with van der Waals surface area (Å²) in [5, 5.41) is 3.90. The molecule has 1 aliphatic carbocycles. The topological polar surface area (TPSA) is 93.2 Å². The van der Waals surface area contributed by atoms with Crippen LogP contribution in [-0.4, -0.2) is 74.4 Å². The van der Waals surface area contributed by atoms with Crippen LogP contribution >= 0.6 is 0 Å². The van der Waals surface area contributed by atoms with Gasteiger partial charge in [-0.3, -0.25) is 4.79 Å². The van der Waals surface area contributed by atoms with E-state index in [1.807, 2.05) is 38.1 Å². The number of carbonyl (C=O) groups excluding carboxylic acids is 2. The van der Waals surface area contributed by atoms with Crippen molar-refractivity contribution in [2.24, 2.45) is 11.3 Å². The summed E-state index contributed by atoms with van der Waals surface area (Å²) in [4.78, 5) is 37.3. The Morgan fingerprint density at radius 3 is 2.50 bits per heavy atom. The van der Waals surface area contributed by atoms with Gasteiger partial charge in [-0.05, 0) is 67.6 Å². The first kappa shape index (κ1) is 34.2.